The van der Waals surface area contributed by atoms with Gasteiger partial charge in [-0.1, -0.05) is 46.1 Å². The van der Waals surface area contributed by atoms with Gasteiger partial charge >= 0.3 is 0 Å². The Bertz CT molecular complexity index is 655. The molecule has 4 heteroatoms. The van der Waals surface area contributed by atoms with E-state index in [1.807, 2.05) is 6.92 Å². The summed E-state index contributed by atoms with van der Waals surface area (Å²) in [6.45, 7) is 16.0. The summed E-state index contributed by atoms with van der Waals surface area (Å²) in [5, 5.41) is 11.4. The lowest BCUT2D eigenvalue weighted by molar-refractivity contribution is -0.151. The van der Waals surface area contributed by atoms with Crippen molar-refractivity contribution in [2.75, 3.05) is 0 Å². The fourth-order valence-electron chi connectivity index (χ4n) is 6.26. The van der Waals surface area contributed by atoms with Gasteiger partial charge in [-0.25, -0.2) is 0 Å². The van der Waals surface area contributed by atoms with Gasteiger partial charge in [0.1, 0.15) is 0 Å². The lowest BCUT2D eigenvalue weighted by atomic mass is 9.73. The van der Waals surface area contributed by atoms with E-state index in [-0.39, 0.29) is 28.3 Å². The van der Waals surface area contributed by atoms with Gasteiger partial charge in [0.15, 0.2) is 8.32 Å². The predicted molar refractivity (Wildman–Crippen MR) is 117 cm³/mol. The smallest absolute Gasteiger partial charge is 0.192 e. The molecular formula is C24H42O3Si. The summed E-state index contributed by atoms with van der Waals surface area (Å²) in [5.41, 5.74) is 0.0367. The zero-order valence-corrected chi connectivity index (χ0v) is 20.2. The van der Waals surface area contributed by atoms with Crippen LogP contribution in [0.4, 0.5) is 0 Å². The molecule has 0 amide bonds. The van der Waals surface area contributed by atoms with Crippen LogP contribution in [0.1, 0.15) is 86.0 Å². The molecule has 28 heavy (non-hydrogen) atoms. The molecule has 160 valence electrons. The third-order valence-corrected chi connectivity index (χ3v) is 13.6. The van der Waals surface area contributed by atoms with E-state index in [9.17, 15) is 5.11 Å². The predicted octanol–water partition coefficient (Wildman–Crippen LogP) is 5.98. The van der Waals surface area contributed by atoms with E-state index in [1.54, 1.807) is 0 Å². The summed E-state index contributed by atoms with van der Waals surface area (Å²) in [7, 11) is -1.90. The maximum Gasteiger partial charge on any atom is 0.192 e. The Hall–Kier alpha value is -0.163. The first kappa shape index (κ1) is 21.1. The highest BCUT2D eigenvalue weighted by Crippen LogP contribution is 2.62. The van der Waals surface area contributed by atoms with Crippen LogP contribution < -0.4 is 0 Å². The highest BCUT2D eigenvalue weighted by atomic mass is 28.4. The fourth-order valence-corrected chi connectivity index (χ4v) is 7.64. The molecule has 2 bridgehead atoms. The standard InChI is InChI=1S/C24H42O3Si/c1-21(2,3)28(6,7)26-20-16-24(17-11-9-8-10-12-17)15-19-18(23(20,5)27-24)13-14-22(19,4)25/h15,17-18,20,25H,8-14,16H2,1-7H3/t18-,20-,22+,23+,24+/m1/s1. The Kier molecular flexibility index (Phi) is 4.83. The van der Waals surface area contributed by atoms with Crippen LogP contribution in [0.3, 0.4) is 0 Å². The van der Waals surface area contributed by atoms with E-state index in [1.165, 1.54) is 37.7 Å². The topological polar surface area (TPSA) is 38.7 Å². The minimum absolute atomic E-state index is 0.128. The van der Waals surface area contributed by atoms with Crippen LogP contribution >= 0.6 is 0 Å². The molecule has 1 N–H and O–H groups in total. The van der Waals surface area contributed by atoms with Crippen molar-refractivity contribution in [1.82, 2.24) is 0 Å². The van der Waals surface area contributed by atoms with Crippen molar-refractivity contribution in [2.24, 2.45) is 11.8 Å². The average Bonchev–Trinajstić information content (AvgIpc) is 3.01. The molecule has 5 atom stereocenters. The van der Waals surface area contributed by atoms with Crippen LogP contribution in [0.15, 0.2) is 11.6 Å². The minimum atomic E-state index is -1.90. The monoisotopic (exact) mass is 406 g/mol. The van der Waals surface area contributed by atoms with E-state index in [0.717, 1.165) is 19.3 Å². The largest absolute Gasteiger partial charge is 0.411 e. The molecule has 1 saturated heterocycles. The molecule has 0 unspecified atom stereocenters. The normalized spacial score (nSPS) is 44.5. The maximum absolute atomic E-state index is 11.2. The second-order valence-electron chi connectivity index (χ2n) is 12.1. The summed E-state index contributed by atoms with van der Waals surface area (Å²) in [6, 6.07) is 0. The van der Waals surface area contributed by atoms with Gasteiger partial charge in [-0.3, -0.25) is 0 Å². The quantitative estimate of drug-likeness (QED) is 0.463. The number of fused-ring (bicyclic) bond motifs is 4. The fraction of sp³-hybridized carbons (Fsp3) is 0.917. The van der Waals surface area contributed by atoms with Gasteiger partial charge < -0.3 is 14.3 Å². The van der Waals surface area contributed by atoms with Gasteiger partial charge in [-0.2, -0.15) is 0 Å². The molecule has 3 nitrogen and oxygen atoms in total. The van der Waals surface area contributed by atoms with Crippen LogP contribution in [0.2, 0.25) is 18.1 Å². The summed E-state index contributed by atoms with van der Waals surface area (Å²) in [6.07, 6.45) is 11.8. The van der Waals surface area contributed by atoms with Crippen LogP contribution in [0, 0.1) is 11.8 Å². The van der Waals surface area contributed by atoms with Crippen molar-refractivity contribution in [3.05, 3.63) is 11.6 Å². The lowest BCUT2D eigenvalue weighted by Gasteiger charge is -2.48. The Balaban J connectivity index is 1.74. The molecule has 2 aliphatic carbocycles. The van der Waals surface area contributed by atoms with E-state index in [0.29, 0.717) is 5.92 Å². The first-order valence-corrected chi connectivity index (χ1v) is 14.6. The van der Waals surface area contributed by atoms with E-state index >= 15 is 0 Å². The Labute approximate surface area is 173 Å². The third kappa shape index (κ3) is 3.09. The molecule has 2 saturated carbocycles. The second-order valence-corrected chi connectivity index (χ2v) is 16.9. The Morgan fingerprint density at radius 2 is 1.75 bits per heavy atom. The highest BCUT2D eigenvalue weighted by molar-refractivity contribution is 6.74. The van der Waals surface area contributed by atoms with Crippen molar-refractivity contribution in [3.63, 3.8) is 0 Å². The zero-order valence-electron chi connectivity index (χ0n) is 19.2. The van der Waals surface area contributed by atoms with Crippen LogP contribution in [0.5, 0.6) is 0 Å². The molecule has 2 aliphatic heterocycles. The summed E-state index contributed by atoms with van der Waals surface area (Å²) in [4.78, 5) is 0. The third-order valence-electron chi connectivity index (χ3n) is 9.10. The Morgan fingerprint density at radius 1 is 1.11 bits per heavy atom. The maximum atomic E-state index is 11.2. The minimum Gasteiger partial charge on any atom is -0.411 e. The zero-order chi connectivity index (χ0) is 20.6. The van der Waals surface area contributed by atoms with Crippen molar-refractivity contribution in [1.29, 1.82) is 0 Å². The van der Waals surface area contributed by atoms with Gasteiger partial charge in [0.25, 0.3) is 0 Å². The first-order chi connectivity index (χ1) is 12.8. The number of rotatable bonds is 3. The Morgan fingerprint density at radius 3 is 2.36 bits per heavy atom. The van der Waals surface area contributed by atoms with Gasteiger partial charge in [0.2, 0.25) is 0 Å². The van der Waals surface area contributed by atoms with Crippen LogP contribution in [-0.4, -0.2) is 36.3 Å². The molecule has 0 aromatic rings. The SMILES string of the molecule is CC(C)(C)[Si](C)(C)O[C@@H]1C[C@]2(C3CCCCC3)C=C3[C@@H](CC[C@]3(C)O)[C@]1(C)O2. The van der Waals surface area contributed by atoms with E-state index < -0.39 is 13.9 Å². The van der Waals surface area contributed by atoms with E-state index in [4.69, 9.17) is 9.16 Å². The molecule has 4 rings (SSSR count). The van der Waals surface area contributed by atoms with Gasteiger partial charge in [0.05, 0.1) is 22.9 Å². The molecule has 2 heterocycles. The number of hydrogen-bond acceptors (Lipinski definition) is 3. The summed E-state index contributed by atoms with van der Waals surface area (Å²) in [5.74, 6) is 0.856. The molecule has 0 aromatic heterocycles. The summed E-state index contributed by atoms with van der Waals surface area (Å²) >= 11 is 0. The van der Waals surface area contributed by atoms with Crippen molar-refractivity contribution in [2.45, 2.75) is 127 Å². The van der Waals surface area contributed by atoms with Crippen molar-refractivity contribution < 1.29 is 14.3 Å². The highest BCUT2D eigenvalue weighted by Gasteiger charge is 2.66. The van der Waals surface area contributed by atoms with Crippen molar-refractivity contribution in [3.8, 4) is 0 Å². The molecular weight excluding hydrogens is 364 g/mol. The van der Waals surface area contributed by atoms with Gasteiger partial charge in [-0.05, 0) is 69.2 Å². The van der Waals surface area contributed by atoms with E-state index in [2.05, 4.69) is 46.9 Å². The molecule has 4 aliphatic rings. The summed E-state index contributed by atoms with van der Waals surface area (Å²) < 4.78 is 14.2. The van der Waals surface area contributed by atoms with Crippen LogP contribution in [0.25, 0.3) is 0 Å². The second kappa shape index (κ2) is 6.42. The number of aliphatic hydroxyl groups is 1. The van der Waals surface area contributed by atoms with Gasteiger partial charge in [0, 0.05) is 12.3 Å². The lowest BCUT2D eigenvalue weighted by Crippen LogP contribution is -2.54. The molecule has 3 fully saturated rings. The molecule has 0 radical (unpaired) electrons. The number of ether oxygens (including phenoxy) is 1. The average molecular weight is 407 g/mol. The molecule has 0 aromatic carbocycles. The number of hydrogen-bond donors (Lipinski definition) is 1. The first-order valence-electron chi connectivity index (χ1n) is 11.6. The van der Waals surface area contributed by atoms with Crippen LogP contribution in [-0.2, 0) is 9.16 Å². The van der Waals surface area contributed by atoms with Crippen molar-refractivity contribution >= 4 is 8.32 Å². The molecule has 0 spiro atoms. The van der Waals surface area contributed by atoms with Gasteiger partial charge in [-0.15, -0.1) is 0 Å².